The van der Waals surface area contributed by atoms with Gasteiger partial charge >= 0.3 is 0 Å². The Bertz CT molecular complexity index is 756. The summed E-state index contributed by atoms with van der Waals surface area (Å²) >= 11 is 1.47. The van der Waals surface area contributed by atoms with E-state index < -0.39 is 0 Å². The van der Waals surface area contributed by atoms with Gasteiger partial charge in [-0.05, 0) is 38.4 Å². The SMILES string of the molecule is CNc1snc(C)c1-c1nc2cnccc2n1C(C)C. The van der Waals surface area contributed by atoms with Crippen LogP contribution in [0.15, 0.2) is 18.5 Å². The van der Waals surface area contributed by atoms with Crippen molar-refractivity contribution in [2.24, 2.45) is 0 Å². The van der Waals surface area contributed by atoms with E-state index >= 15 is 0 Å². The fourth-order valence-corrected chi connectivity index (χ4v) is 3.19. The van der Waals surface area contributed by atoms with Crippen LogP contribution in [-0.4, -0.2) is 26.0 Å². The van der Waals surface area contributed by atoms with Crippen molar-refractivity contribution < 1.29 is 0 Å². The third-order valence-electron chi connectivity index (χ3n) is 3.32. The lowest BCUT2D eigenvalue weighted by Crippen LogP contribution is -2.04. The smallest absolute Gasteiger partial charge is 0.146 e. The minimum absolute atomic E-state index is 0.321. The highest BCUT2D eigenvalue weighted by atomic mass is 32.1. The fourth-order valence-electron chi connectivity index (χ4n) is 2.45. The van der Waals surface area contributed by atoms with E-state index in [9.17, 15) is 0 Å². The van der Waals surface area contributed by atoms with E-state index in [0.717, 1.165) is 33.1 Å². The van der Waals surface area contributed by atoms with Gasteiger partial charge in [-0.25, -0.2) is 4.98 Å². The number of hydrogen-bond donors (Lipinski definition) is 1. The second kappa shape index (κ2) is 4.86. The normalized spacial score (nSPS) is 11.4. The van der Waals surface area contributed by atoms with Gasteiger partial charge < -0.3 is 9.88 Å². The van der Waals surface area contributed by atoms with Gasteiger partial charge in [0.15, 0.2) is 0 Å². The minimum Gasteiger partial charge on any atom is -0.378 e. The third kappa shape index (κ3) is 1.87. The second-order valence-electron chi connectivity index (χ2n) is 4.99. The number of aromatic nitrogens is 4. The van der Waals surface area contributed by atoms with Crippen LogP contribution in [0.25, 0.3) is 22.4 Å². The summed E-state index contributed by atoms with van der Waals surface area (Å²) < 4.78 is 6.69. The largest absolute Gasteiger partial charge is 0.378 e. The van der Waals surface area contributed by atoms with Crippen molar-refractivity contribution >= 4 is 27.6 Å². The Hall–Kier alpha value is -1.95. The number of pyridine rings is 1. The molecule has 0 saturated carbocycles. The molecule has 3 heterocycles. The molecular weight excluding hydrogens is 270 g/mol. The zero-order valence-electron chi connectivity index (χ0n) is 12.0. The number of aryl methyl sites for hydroxylation is 1. The van der Waals surface area contributed by atoms with Gasteiger partial charge in [-0.1, -0.05) is 0 Å². The van der Waals surface area contributed by atoms with Crippen LogP contribution in [-0.2, 0) is 0 Å². The van der Waals surface area contributed by atoms with Gasteiger partial charge in [0.2, 0.25) is 0 Å². The summed E-state index contributed by atoms with van der Waals surface area (Å²) in [5, 5.41) is 4.26. The molecule has 0 aromatic carbocycles. The first-order valence-corrected chi connectivity index (χ1v) is 7.37. The van der Waals surface area contributed by atoms with E-state index in [1.54, 1.807) is 0 Å². The quantitative estimate of drug-likeness (QED) is 0.801. The molecule has 0 radical (unpaired) electrons. The van der Waals surface area contributed by atoms with Crippen molar-refractivity contribution in [2.45, 2.75) is 26.8 Å². The monoisotopic (exact) mass is 287 g/mol. The van der Waals surface area contributed by atoms with Crippen LogP contribution in [0, 0.1) is 6.92 Å². The highest BCUT2D eigenvalue weighted by Crippen LogP contribution is 2.36. The van der Waals surface area contributed by atoms with Crippen molar-refractivity contribution in [3.05, 3.63) is 24.2 Å². The number of imidazole rings is 1. The molecule has 0 saturated heterocycles. The molecule has 0 amide bonds. The molecule has 3 aromatic rings. The summed E-state index contributed by atoms with van der Waals surface area (Å²) in [5.41, 5.74) is 4.12. The van der Waals surface area contributed by atoms with Crippen LogP contribution in [0.2, 0.25) is 0 Å². The molecule has 5 nitrogen and oxygen atoms in total. The van der Waals surface area contributed by atoms with E-state index in [2.05, 4.69) is 33.1 Å². The van der Waals surface area contributed by atoms with E-state index in [-0.39, 0.29) is 0 Å². The predicted octanol–water partition coefficient (Wildman–Crippen LogP) is 3.49. The maximum Gasteiger partial charge on any atom is 0.146 e. The van der Waals surface area contributed by atoms with Gasteiger partial charge in [0.25, 0.3) is 0 Å². The molecule has 0 atom stereocenters. The number of hydrogen-bond acceptors (Lipinski definition) is 5. The lowest BCUT2D eigenvalue weighted by Gasteiger charge is -2.13. The van der Waals surface area contributed by atoms with E-state index in [0.29, 0.717) is 6.04 Å². The number of nitrogens with zero attached hydrogens (tertiary/aromatic N) is 4. The fraction of sp³-hybridized carbons (Fsp3) is 0.357. The van der Waals surface area contributed by atoms with Gasteiger partial charge in [-0.2, -0.15) is 4.37 Å². The second-order valence-corrected chi connectivity index (χ2v) is 5.76. The Morgan fingerprint density at radius 2 is 2.15 bits per heavy atom. The van der Waals surface area contributed by atoms with Crippen LogP contribution >= 0.6 is 11.5 Å². The number of anilines is 1. The topological polar surface area (TPSA) is 55.6 Å². The van der Waals surface area contributed by atoms with Crippen molar-refractivity contribution in [3.63, 3.8) is 0 Å². The number of fused-ring (bicyclic) bond motifs is 1. The summed E-state index contributed by atoms with van der Waals surface area (Å²) in [7, 11) is 1.92. The van der Waals surface area contributed by atoms with Crippen molar-refractivity contribution in [1.29, 1.82) is 0 Å². The van der Waals surface area contributed by atoms with Gasteiger partial charge in [-0.3, -0.25) is 4.98 Å². The molecule has 0 aliphatic carbocycles. The average Bonchev–Trinajstić information content (AvgIpc) is 2.98. The van der Waals surface area contributed by atoms with Crippen LogP contribution in [0.4, 0.5) is 5.00 Å². The molecule has 0 spiro atoms. The highest BCUT2D eigenvalue weighted by molar-refractivity contribution is 7.10. The van der Waals surface area contributed by atoms with Gasteiger partial charge in [-0.15, -0.1) is 0 Å². The first-order chi connectivity index (χ1) is 9.63. The van der Waals surface area contributed by atoms with E-state index in [1.165, 1.54) is 11.5 Å². The Labute approximate surface area is 121 Å². The summed E-state index contributed by atoms with van der Waals surface area (Å²) in [6, 6.07) is 2.33. The summed E-state index contributed by atoms with van der Waals surface area (Å²) in [5.74, 6) is 0.957. The molecule has 3 aromatic heterocycles. The van der Waals surface area contributed by atoms with Crippen LogP contribution in [0.5, 0.6) is 0 Å². The van der Waals surface area contributed by atoms with Crippen LogP contribution < -0.4 is 5.32 Å². The van der Waals surface area contributed by atoms with Gasteiger partial charge in [0, 0.05) is 19.3 Å². The maximum absolute atomic E-state index is 4.77. The molecule has 1 N–H and O–H groups in total. The molecule has 0 aliphatic heterocycles. The van der Waals surface area contributed by atoms with E-state index in [4.69, 9.17) is 4.98 Å². The zero-order valence-corrected chi connectivity index (χ0v) is 12.8. The standard InChI is InChI=1S/C14H17N5S/c1-8(2)19-11-5-6-16-7-10(11)17-13(19)12-9(3)18-20-14(12)15-4/h5-8,15H,1-4H3. The minimum atomic E-state index is 0.321. The van der Waals surface area contributed by atoms with Crippen molar-refractivity contribution in [1.82, 2.24) is 18.9 Å². The van der Waals surface area contributed by atoms with Crippen LogP contribution in [0.3, 0.4) is 0 Å². The number of nitrogens with one attached hydrogen (secondary N) is 1. The molecule has 20 heavy (non-hydrogen) atoms. The lowest BCUT2D eigenvalue weighted by molar-refractivity contribution is 0.624. The predicted molar refractivity (Wildman–Crippen MR) is 83.3 cm³/mol. The highest BCUT2D eigenvalue weighted by Gasteiger charge is 2.21. The molecule has 6 heteroatoms. The molecule has 3 rings (SSSR count). The first kappa shape index (κ1) is 13.1. The van der Waals surface area contributed by atoms with E-state index in [1.807, 2.05) is 32.4 Å². The Balaban J connectivity index is 2.35. The average molecular weight is 287 g/mol. The summed E-state index contributed by atoms with van der Waals surface area (Å²) in [4.78, 5) is 8.94. The lowest BCUT2D eigenvalue weighted by atomic mass is 10.2. The molecule has 0 fully saturated rings. The Morgan fingerprint density at radius 3 is 2.85 bits per heavy atom. The third-order valence-corrected chi connectivity index (χ3v) is 4.28. The van der Waals surface area contributed by atoms with Gasteiger partial charge in [0.1, 0.15) is 16.3 Å². The van der Waals surface area contributed by atoms with Crippen molar-refractivity contribution in [2.75, 3.05) is 12.4 Å². The molecule has 0 bridgehead atoms. The zero-order chi connectivity index (χ0) is 14.3. The Kier molecular flexibility index (Phi) is 3.17. The summed E-state index contributed by atoms with van der Waals surface area (Å²) in [6.45, 7) is 6.35. The maximum atomic E-state index is 4.77. The van der Waals surface area contributed by atoms with Crippen LogP contribution in [0.1, 0.15) is 25.6 Å². The Morgan fingerprint density at radius 1 is 1.35 bits per heavy atom. The summed E-state index contributed by atoms with van der Waals surface area (Å²) in [6.07, 6.45) is 3.62. The van der Waals surface area contributed by atoms with Gasteiger partial charge in [0.05, 0.1) is 23.0 Å². The molecular formula is C14H17N5S. The van der Waals surface area contributed by atoms with Crippen molar-refractivity contribution in [3.8, 4) is 11.4 Å². The molecule has 0 unspecified atom stereocenters. The molecule has 0 aliphatic rings. The number of rotatable bonds is 3. The first-order valence-electron chi connectivity index (χ1n) is 6.59. The molecule has 104 valence electrons.